The molecule has 0 amide bonds. The number of rotatable bonds is 2. The van der Waals surface area contributed by atoms with E-state index < -0.39 is 20.2 Å². The minimum absolute atomic E-state index is 0.0666. The summed E-state index contributed by atoms with van der Waals surface area (Å²) in [5.74, 6) is 0. The Labute approximate surface area is 129 Å². The highest BCUT2D eigenvalue weighted by Crippen LogP contribution is 2.09. The molecule has 0 heterocycles. The molecule has 0 spiro atoms. The summed E-state index contributed by atoms with van der Waals surface area (Å²) in [4.78, 5) is -0.133. The molecule has 0 unspecified atom stereocenters. The maximum atomic E-state index is 10.5. The molecule has 2 N–H and O–H groups in total. The van der Waals surface area contributed by atoms with Gasteiger partial charge in [0.25, 0.3) is 20.2 Å². The molecule has 6 nitrogen and oxygen atoms in total. The van der Waals surface area contributed by atoms with Crippen LogP contribution < -0.4 is 0 Å². The molecule has 0 radical (unpaired) electrons. The van der Waals surface area contributed by atoms with Gasteiger partial charge in [0, 0.05) is 0 Å². The molecular weight excluding hydrogens is 328 g/mol. The second kappa shape index (κ2) is 7.01. The molecule has 2 aromatic carbocycles. The summed E-state index contributed by atoms with van der Waals surface area (Å²) in [6.07, 6.45) is 0. The van der Waals surface area contributed by atoms with Crippen molar-refractivity contribution in [2.24, 2.45) is 0 Å². The Morgan fingerprint density at radius 2 is 0.818 bits per heavy atom. The van der Waals surface area contributed by atoms with Crippen LogP contribution in [0.1, 0.15) is 11.1 Å². The molecule has 0 atom stereocenters. The molecule has 2 rings (SSSR count). The van der Waals surface area contributed by atoms with E-state index in [1.807, 2.05) is 13.8 Å². The van der Waals surface area contributed by atoms with Gasteiger partial charge < -0.3 is 0 Å². The van der Waals surface area contributed by atoms with E-state index in [1.165, 1.54) is 24.3 Å². The Balaban J connectivity index is 0.000000220. The maximum absolute atomic E-state index is 10.5. The van der Waals surface area contributed by atoms with Gasteiger partial charge in [0.1, 0.15) is 0 Å². The Hall–Kier alpha value is -1.74. The van der Waals surface area contributed by atoms with Gasteiger partial charge in [-0.15, -0.1) is 0 Å². The lowest BCUT2D eigenvalue weighted by Gasteiger charge is -1.95. The van der Waals surface area contributed by atoms with Crippen molar-refractivity contribution in [2.45, 2.75) is 23.6 Å². The van der Waals surface area contributed by atoms with Crippen molar-refractivity contribution in [3.63, 3.8) is 0 Å². The average Bonchev–Trinajstić information content (AvgIpc) is 2.38. The summed E-state index contributed by atoms with van der Waals surface area (Å²) in [5.41, 5.74) is 1.91. The molecule has 0 saturated heterocycles. The monoisotopic (exact) mass is 344 g/mol. The highest BCUT2D eigenvalue weighted by atomic mass is 32.2. The first-order valence-electron chi connectivity index (χ1n) is 6.08. The third-order valence-corrected chi connectivity index (χ3v) is 4.37. The quantitative estimate of drug-likeness (QED) is 0.810. The standard InChI is InChI=1S/2C7H8O3S/c2*1-6-2-4-7(5-3-6)11(8,9)10/h2*2-5H,1H3,(H,8,9,10). The summed E-state index contributed by atoms with van der Waals surface area (Å²) in [6.45, 7) is 3.68. The first kappa shape index (κ1) is 18.3. The molecule has 0 fully saturated rings. The van der Waals surface area contributed by atoms with Crippen LogP contribution in [0, 0.1) is 13.8 Å². The number of hydrogen-bond donors (Lipinski definition) is 2. The number of benzene rings is 2. The van der Waals surface area contributed by atoms with Crippen LogP contribution in [-0.4, -0.2) is 25.9 Å². The minimum Gasteiger partial charge on any atom is -0.282 e. The van der Waals surface area contributed by atoms with Crippen molar-refractivity contribution < 1.29 is 25.9 Å². The van der Waals surface area contributed by atoms with Crippen molar-refractivity contribution in [3.05, 3.63) is 59.7 Å². The fourth-order valence-corrected chi connectivity index (χ4v) is 2.38. The molecule has 0 aliphatic heterocycles. The molecule has 0 saturated carbocycles. The molecule has 120 valence electrons. The Bertz CT molecular complexity index is 746. The van der Waals surface area contributed by atoms with Gasteiger partial charge in [0.2, 0.25) is 0 Å². The summed E-state index contributed by atoms with van der Waals surface area (Å²) in [6, 6.07) is 12.0. The SMILES string of the molecule is Cc1ccc(S(=O)(=O)O)cc1.Cc1ccc(S(=O)(=O)O)cc1. The van der Waals surface area contributed by atoms with E-state index >= 15 is 0 Å². The summed E-state index contributed by atoms with van der Waals surface area (Å²) >= 11 is 0. The van der Waals surface area contributed by atoms with E-state index in [0.717, 1.165) is 11.1 Å². The van der Waals surface area contributed by atoms with Gasteiger partial charge in [-0.05, 0) is 38.1 Å². The lowest BCUT2D eigenvalue weighted by atomic mass is 10.2. The van der Waals surface area contributed by atoms with Gasteiger partial charge in [-0.25, -0.2) is 0 Å². The van der Waals surface area contributed by atoms with Crippen molar-refractivity contribution in [2.75, 3.05) is 0 Å². The third-order valence-electron chi connectivity index (χ3n) is 2.64. The van der Waals surface area contributed by atoms with E-state index in [1.54, 1.807) is 24.3 Å². The first-order chi connectivity index (χ1) is 10.00. The summed E-state index contributed by atoms with van der Waals surface area (Å²) in [5, 5.41) is 0. The fraction of sp³-hybridized carbons (Fsp3) is 0.143. The summed E-state index contributed by atoms with van der Waals surface area (Å²) < 4.78 is 59.1. The van der Waals surface area contributed by atoms with E-state index in [0.29, 0.717) is 0 Å². The molecule has 2 aromatic rings. The van der Waals surface area contributed by atoms with Crippen molar-refractivity contribution in [1.82, 2.24) is 0 Å². The van der Waals surface area contributed by atoms with Crippen molar-refractivity contribution in [3.8, 4) is 0 Å². The van der Waals surface area contributed by atoms with Crippen LogP contribution in [0.25, 0.3) is 0 Å². The predicted octanol–water partition coefficient (Wildman–Crippen LogP) is 2.48. The second-order valence-corrected chi connectivity index (χ2v) is 7.42. The van der Waals surface area contributed by atoms with Gasteiger partial charge in [0.05, 0.1) is 9.79 Å². The first-order valence-corrected chi connectivity index (χ1v) is 8.96. The van der Waals surface area contributed by atoms with E-state index in [2.05, 4.69) is 0 Å². The minimum atomic E-state index is -4.02. The van der Waals surface area contributed by atoms with E-state index in [-0.39, 0.29) is 9.79 Å². The van der Waals surface area contributed by atoms with Crippen molar-refractivity contribution in [1.29, 1.82) is 0 Å². The Kier molecular flexibility index (Phi) is 5.84. The highest BCUT2D eigenvalue weighted by molar-refractivity contribution is 7.86. The molecule has 0 aliphatic rings. The Morgan fingerprint density at radius 3 is 1.00 bits per heavy atom. The van der Waals surface area contributed by atoms with Gasteiger partial charge in [-0.1, -0.05) is 35.4 Å². The Morgan fingerprint density at radius 1 is 0.591 bits per heavy atom. The zero-order valence-corrected chi connectivity index (χ0v) is 13.6. The molecular formula is C14H16O6S2. The topological polar surface area (TPSA) is 109 Å². The van der Waals surface area contributed by atoms with Gasteiger partial charge in [-0.2, -0.15) is 16.8 Å². The summed E-state index contributed by atoms with van der Waals surface area (Å²) in [7, 11) is -8.04. The van der Waals surface area contributed by atoms with Crippen LogP contribution in [0.15, 0.2) is 58.3 Å². The van der Waals surface area contributed by atoms with Crippen LogP contribution in [0.5, 0.6) is 0 Å². The predicted molar refractivity (Wildman–Crippen MR) is 82.0 cm³/mol. The van der Waals surface area contributed by atoms with Crippen molar-refractivity contribution >= 4 is 20.2 Å². The lowest BCUT2D eigenvalue weighted by Crippen LogP contribution is -1.96. The maximum Gasteiger partial charge on any atom is 0.294 e. The number of hydrogen-bond acceptors (Lipinski definition) is 4. The largest absolute Gasteiger partial charge is 0.294 e. The van der Waals surface area contributed by atoms with E-state index in [4.69, 9.17) is 9.11 Å². The molecule has 22 heavy (non-hydrogen) atoms. The van der Waals surface area contributed by atoms with Crippen LogP contribution in [0.2, 0.25) is 0 Å². The second-order valence-electron chi connectivity index (χ2n) is 4.58. The van der Waals surface area contributed by atoms with Gasteiger partial charge in [-0.3, -0.25) is 9.11 Å². The molecule has 0 bridgehead atoms. The third kappa shape index (κ3) is 5.94. The highest BCUT2D eigenvalue weighted by Gasteiger charge is 2.07. The molecule has 0 aliphatic carbocycles. The fourth-order valence-electron chi connectivity index (χ4n) is 1.42. The van der Waals surface area contributed by atoms with Crippen LogP contribution in [-0.2, 0) is 20.2 Å². The molecule has 8 heteroatoms. The number of aryl methyl sites for hydroxylation is 2. The van der Waals surface area contributed by atoms with Crippen LogP contribution in [0.4, 0.5) is 0 Å². The van der Waals surface area contributed by atoms with Gasteiger partial charge >= 0.3 is 0 Å². The van der Waals surface area contributed by atoms with E-state index in [9.17, 15) is 16.8 Å². The zero-order chi connectivity index (χ0) is 17.0. The van der Waals surface area contributed by atoms with Crippen LogP contribution >= 0.6 is 0 Å². The van der Waals surface area contributed by atoms with Crippen LogP contribution in [0.3, 0.4) is 0 Å². The molecule has 0 aromatic heterocycles. The normalized spacial score (nSPS) is 11.5. The van der Waals surface area contributed by atoms with Gasteiger partial charge in [0.15, 0.2) is 0 Å². The lowest BCUT2D eigenvalue weighted by molar-refractivity contribution is 0.481. The smallest absolute Gasteiger partial charge is 0.282 e. The zero-order valence-electron chi connectivity index (χ0n) is 12.0. The average molecular weight is 344 g/mol.